The number of nitrogens with zero attached hydrogens (tertiary/aromatic N) is 2. The standard InChI is InChI=1S/C72H52N2O3/c1-43-21-5-9-25-47(43)51-31-17-33-55-57-35-19-39-63(71(57)76-67(51)55)73(61-37-15-7-23-45(61)3)65-41-59-60-42-66(50-28-12-14-30-54(50)70(60)75-69(59)53-29-13-11-27-49(53)65)74(62-38-16-8-24-46(62)4)64-40-20-36-58-56-34-18-32-52(68(56)77-72(58)64)48-26-10-6-22-44(48)2/h5-42,59,69H,1-4H3. The van der Waals surface area contributed by atoms with Crippen LogP contribution in [0.5, 0.6) is 5.75 Å². The Hall–Kier alpha value is -9.58. The molecule has 77 heavy (non-hydrogen) atoms. The van der Waals surface area contributed by atoms with E-state index in [2.05, 4.69) is 268 Å². The molecule has 1 aliphatic carbocycles. The van der Waals surface area contributed by atoms with E-state index in [1.54, 1.807) is 0 Å². The van der Waals surface area contributed by atoms with Crippen molar-refractivity contribution in [1.29, 1.82) is 0 Å². The van der Waals surface area contributed by atoms with E-state index in [1.807, 2.05) is 0 Å². The van der Waals surface area contributed by atoms with E-state index in [-0.39, 0.29) is 12.0 Å². The Morgan fingerprint density at radius 1 is 0.312 bits per heavy atom. The Balaban J connectivity index is 0.967. The van der Waals surface area contributed by atoms with Gasteiger partial charge in [-0.25, -0.2) is 0 Å². The van der Waals surface area contributed by atoms with E-state index < -0.39 is 0 Å². The maximum absolute atomic E-state index is 7.42. The van der Waals surface area contributed by atoms with Crippen LogP contribution in [0, 0.1) is 27.7 Å². The number of hydrogen-bond donors (Lipinski definition) is 0. The van der Waals surface area contributed by atoms with Gasteiger partial charge in [-0.2, -0.15) is 0 Å². The molecule has 0 N–H and O–H groups in total. The molecule has 11 aromatic carbocycles. The van der Waals surface area contributed by atoms with Gasteiger partial charge in [-0.3, -0.25) is 0 Å². The first-order chi connectivity index (χ1) is 37.9. The molecule has 0 fully saturated rings. The Kier molecular flexibility index (Phi) is 10.2. The Morgan fingerprint density at radius 2 is 0.727 bits per heavy atom. The second kappa shape index (κ2) is 17.5. The molecule has 5 nitrogen and oxygen atoms in total. The number of hydrogen-bond acceptors (Lipinski definition) is 5. The van der Waals surface area contributed by atoms with Crippen LogP contribution >= 0.6 is 0 Å². The number of rotatable bonds is 8. The third-order valence-corrected chi connectivity index (χ3v) is 16.4. The summed E-state index contributed by atoms with van der Waals surface area (Å²) in [7, 11) is 0. The number of furan rings is 2. The quantitative estimate of drug-likeness (QED) is 0.152. The lowest BCUT2D eigenvalue weighted by Gasteiger charge is -2.35. The maximum Gasteiger partial charge on any atom is 0.159 e. The van der Waals surface area contributed by atoms with Crippen molar-refractivity contribution < 1.29 is 13.6 Å². The second-order valence-electron chi connectivity index (χ2n) is 20.8. The number of anilines is 5. The molecule has 0 saturated carbocycles. The minimum Gasteiger partial charge on any atom is -0.484 e. The van der Waals surface area contributed by atoms with Crippen LogP contribution in [-0.2, 0) is 0 Å². The molecule has 2 unspecified atom stereocenters. The van der Waals surface area contributed by atoms with Crippen molar-refractivity contribution in [2.45, 2.75) is 39.7 Å². The number of para-hydroxylation sites is 6. The summed E-state index contributed by atoms with van der Waals surface area (Å²) < 4.78 is 21.9. The van der Waals surface area contributed by atoms with E-state index in [9.17, 15) is 0 Å². The van der Waals surface area contributed by atoms with Crippen LogP contribution in [0.3, 0.4) is 0 Å². The Labute approximate surface area is 447 Å². The highest BCUT2D eigenvalue weighted by Gasteiger charge is 2.43. The van der Waals surface area contributed by atoms with Crippen LogP contribution in [0.2, 0.25) is 0 Å². The Bertz CT molecular complexity index is 4590. The molecule has 2 aromatic heterocycles. The summed E-state index contributed by atoms with van der Waals surface area (Å²) in [5.41, 5.74) is 22.2. The molecule has 2 aliphatic rings. The minimum atomic E-state index is -0.272. The zero-order chi connectivity index (χ0) is 51.5. The maximum atomic E-state index is 7.42. The highest BCUT2D eigenvalue weighted by atomic mass is 16.5. The van der Waals surface area contributed by atoms with Gasteiger partial charge < -0.3 is 23.4 Å². The van der Waals surface area contributed by atoms with Crippen LogP contribution in [0.1, 0.15) is 51.0 Å². The molecule has 0 radical (unpaired) electrons. The summed E-state index contributed by atoms with van der Waals surface area (Å²) in [4.78, 5) is 4.87. The first-order valence-corrected chi connectivity index (χ1v) is 26.6. The van der Waals surface area contributed by atoms with Gasteiger partial charge in [0.1, 0.15) is 23.0 Å². The summed E-state index contributed by atoms with van der Waals surface area (Å²) in [5, 5.41) is 6.46. The molecular weight excluding hydrogens is 941 g/mol. The molecule has 2 atom stereocenters. The molecule has 0 bridgehead atoms. The lowest BCUT2D eigenvalue weighted by Crippen LogP contribution is -2.24. The van der Waals surface area contributed by atoms with E-state index in [0.29, 0.717) is 0 Å². The number of fused-ring (bicyclic) bond motifs is 13. The zero-order valence-corrected chi connectivity index (χ0v) is 43.2. The van der Waals surface area contributed by atoms with Gasteiger partial charge in [-0.05, 0) is 97.5 Å². The first-order valence-electron chi connectivity index (χ1n) is 26.6. The van der Waals surface area contributed by atoms with Gasteiger partial charge in [0.2, 0.25) is 0 Å². The van der Waals surface area contributed by atoms with Crippen molar-refractivity contribution in [3.8, 4) is 28.0 Å². The van der Waals surface area contributed by atoms with E-state index in [1.165, 1.54) is 16.7 Å². The van der Waals surface area contributed by atoms with Gasteiger partial charge in [0.05, 0.1) is 22.8 Å². The molecule has 5 heteroatoms. The summed E-state index contributed by atoms with van der Waals surface area (Å²) in [5.74, 6) is 0.747. The van der Waals surface area contributed by atoms with Crippen molar-refractivity contribution in [2.24, 2.45) is 0 Å². The van der Waals surface area contributed by atoms with Crippen LogP contribution < -0.4 is 14.5 Å². The smallest absolute Gasteiger partial charge is 0.159 e. The fraction of sp³-hybridized carbons (Fsp3) is 0.0833. The SMILES string of the molecule is Cc1ccccc1-c1cccc2c1oc1c(N(C3=CC4c5cc(N(c6ccccc6C)c6cccc7c6oc6c(-c8ccccc8C)cccc67)c6ccccc6c5OC4c4ccccc43)c3ccccc3C)cccc12. The van der Waals surface area contributed by atoms with Gasteiger partial charge in [-0.1, -0.05) is 194 Å². The summed E-state index contributed by atoms with van der Waals surface area (Å²) in [6, 6.07) is 80.7. The third-order valence-electron chi connectivity index (χ3n) is 16.4. The molecule has 0 amide bonds. The van der Waals surface area contributed by atoms with E-state index >= 15 is 0 Å². The highest BCUT2D eigenvalue weighted by Crippen LogP contribution is 2.59. The second-order valence-corrected chi connectivity index (χ2v) is 20.8. The molecule has 1 aliphatic heterocycles. The highest BCUT2D eigenvalue weighted by molar-refractivity contribution is 6.16. The lowest BCUT2D eigenvalue weighted by atomic mass is 9.81. The lowest BCUT2D eigenvalue weighted by molar-refractivity contribution is 0.225. The van der Waals surface area contributed by atoms with Crippen molar-refractivity contribution in [3.05, 3.63) is 269 Å². The van der Waals surface area contributed by atoms with Crippen LogP contribution in [0.4, 0.5) is 28.4 Å². The molecular formula is C72H52N2O3. The number of benzene rings is 11. The summed E-state index contributed by atoms with van der Waals surface area (Å²) in [6.45, 7) is 8.74. The molecule has 368 valence electrons. The van der Waals surface area contributed by atoms with Crippen molar-refractivity contribution in [3.63, 3.8) is 0 Å². The van der Waals surface area contributed by atoms with Crippen molar-refractivity contribution >= 4 is 88.8 Å². The molecule has 15 rings (SSSR count). The van der Waals surface area contributed by atoms with Crippen LogP contribution in [0.15, 0.2) is 239 Å². The average Bonchev–Trinajstić information content (AvgIpc) is 4.30. The minimum absolute atomic E-state index is 0.162. The fourth-order valence-corrected chi connectivity index (χ4v) is 12.7. The van der Waals surface area contributed by atoms with Gasteiger partial charge >= 0.3 is 0 Å². The number of aryl methyl sites for hydroxylation is 4. The zero-order valence-electron chi connectivity index (χ0n) is 43.2. The van der Waals surface area contributed by atoms with Gasteiger partial charge in [0.25, 0.3) is 0 Å². The van der Waals surface area contributed by atoms with Gasteiger partial charge in [0, 0.05) is 77.4 Å². The molecule has 3 heterocycles. The predicted molar refractivity (Wildman–Crippen MR) is 319 cm³/mol. The van der Waals surface area contributed by atoms with Gasteiger partial charge in [0.15, 0.2) is 11.2 Å². The normalized spacial score (nSPS) is 14.7. The van der Waals surface area contributed by atoms with Gasteiger partial charge in [-0.15, -0.1) is 0 Å². The van der Waals surface area contributed by atoms with Crippen LogP contribution in [0.25, 0.3) is 82.6 Å². The van der Waals surface area contributed by atoms with Crippen molar-refractivity contribution in [1.82, 2.24) is 0 Å². The third kappa shape index (κ3) is 6.86. The van der Waals surface area contributed by atoms with Crippen molar-refractivity contribution in [2.75, 3.05) is 9.80 Å². The fourth-order valence-electron chi connectivity index (χ4n) is 12.7. The van der Waals surface area contributed by atoms with E-state index in [0.717, 1.165) is 139 Å². The summed E-state index contributed by atoms with van der Waals surface area (Å²) in [6.07, 6.45) is 2.20. The van der Waals surface area contributed by atoms with Crippen LogP contribution in [-0.4, -0.2) is 0 Å². The number of ether oxygens (including phenoxy) is 1. The monoisotopic (exact) mass is 992 g/mol. The Morgan fingerprint density at radius 3 is 1.30 bits per heavy atom. The molecule has 0 spiro atoms. The molecule has 0 saturated heterocycles. The average molecular weight is 993 g/mol. The first kappa shape index (κ1) is 44.9. The summed E-state index contributed by atoms with van der Waals surface area (Å²) >= 11 is 0. The van der Waals surface area contributed by atoms with E-state index in [4.69, 9.17) is 13.6 Å². The molecule has 13 aromatic rings. The largest absolute Gasteiger partial charge is 0.484 e. The predicted octanol–water partition coefficient (Wildman–Crippen LogP) is 20.1. The topological polar surface area (TPSA) is 42.0 Å².